The van der Waals surface area contributed by atoms with E-state index in [-0.39, 0.29) is 0 Å². The minimum Gasteiger partial charge on any atom is -0.233 e. The summed E-state index contributed by atoms with van der Waals surface area (Å²) in [6.45, 7) is 3.30. The first-order valence-electron chi connectivity index (χ1n) is 1.73. The number of rotatable bonds is 2. The zero-order valence-corrected chi connectivity index (χ0v) is 3.70. The fourth-order valence-corrected chi connectivity index (χ4v) is 0.124. The second-order valence-electron chi connectivity index (χ2n) is 0.825. The molecule has 7 heavy (non-hydrogen) atoms. The summed E-state index contributed by atoms with van der Waals surface area (Å²) in [5.74, 6) is 0. The van der Waals surface area contributed by atoms with E-state index in [1.165, 1.54) is 0 Å². The van der Waals surface area contributed by atoms with Crippen molar-refractivity contribution in [2.45, 2.75) is 6.42 Å². The molecule has 0 unspecified atom stereocenters. The Labute approximate surface area is 41.0 Å². The molecule has 0 atom stereocenters. The third-order valence-electron chi connectivity index (χ3n) is 0.305. The van der Waals surface area contributed by atoms with Gasteiger partial charge in [-0.1, -0.05) is 0 Å². The van der Waals surface area contributed by atoms with Crippen molar-refractivity contribution in [1.29, 1.82) is 0 Å². The van der Waals surface area contributed by atoms with Gasteiger partial charge in [0.1, 0.15) is 0 Å². The van der Waals surface area contributed by atoms with Crippen molar-refractivity contribution in [3.63, 3.8) is 0 Å². The summed E-state index contributed by atoms with van der Waals surface area (Å²) in [5, 5.41) is 11.4. The molecular formula is C3H5N2O2. The molecule has 0 spiro atoms. The molecule has 0 aromatic carbocycles. The van der Waals surface area contributed by atoms with Crippen molar-refractivity contribution in [3.8, 4) is 0 Å². The van der Waals surface area contributed by atoms with E-state index in [0.29, 0.717) is 6.42 Å². The molecule has 0 aliphatic carbocycles. The van der Waals surface area contributed by atoms with E-state index in [9.17, 15) is 10.1 Å². The normalized spacial score (nSPS) is 9.86. The van der Waals surface area contributed by atoms with Crippen LogP contribution in [0.3, 0.4) is 0 Å². The van der Waals surface area contributed by atoms with Gasteiger partial charge in [0.2, 0.25) is 0 Å². The van der Waals surface area contributed by atoms with Crippen molar-refractivity contribution < 1.29 is 5.03 Å². The Morgan fingerprint density at radius 2 is 2.57 bits per heavy atom. The van der Waals surface area contributed by atoms with Gasteiger partial charge in [-0.25, -0.2) is 10.1 Å². The zero-order valence-electron chi connectivity index (χ0n) is 3.70. The van der Waals surface area contributed by atoms with Crippen LogP contribution in [0, 0.1) is 17.0 Å². The van der Waals surface area contributed by atoms with Crippen LogP contribution in [-0.4, -0.2) is 11.2 Å². The molecule has 39 valence electrons. The van der Waals surface area contributed by atoms with Gasteiger partial charge < -0.3 is 0 Å². The first-order valence-corrected chi connectivity index (χ1v) is 1.73. The Morgan fingerprint density at radius 1 is 2.00 bits per heavy atom. The van der Waals surface area contributed by atoms with E-state index >= 15 is 0 Å². The lowest BCUT2D eigenvalue weighted by molar-refractivity contribution is -0.484. The molecule has 0 amide bonds. The average Bonchev–Trinajstić information content (AvgIpc) is 1.61. The highest BCUT2D eigenvalue weighted by Gasteiger charge is 1.79. The molecule has 0 saturated carbocycles. The van der Waals surface area contributed by atoms with E-state index in [1.807, 2.05) is 0 Å². The van der Waals surface area contributed by atoms with Gasteiger partial charge in [-0.2, -0.15) is 0 Å². The molecule has 0 saturated heterocycles. The molecular weight excluding hydrogens is 96.0 g/mol. The maximum absolute atomic E-state index is 9.34. The number of hydrogen-bond acceptors (Lipinski definition) is 2. The largest absolute Gasteiger partial charge is 0.233 e. The van der Waals surface area contributed by atoms with E-state index in [4.69, 9.17) is 0 Å². The summed E-state index contributed by atoms with van der Waals surface area (Å²) >= 11 is 0. The SMILES string of the molecule is [CH2]CC=N[N+](=O)[O-]. The van der Waals surface area contributed by atoms with Gasteiger partial charge >= 0.3 is 0 Å². The first kappa shape index (κ1) is 6.07. The van der Waals surface area contributed by atoms with Gasteiger partial charge in [0.25, 0.3) is 0 Å². The van der Waals surface area contributed by atoms with Crippen LogP contribution in [0.15, 0.2) is 5.10 Å². The van der Waals surface area contributed by atoms with Gasteiger partial charge in [0.05, 0.1) is 11.3 Å². The van der Waals surface area contributed by atoms with E-state index in [0.717, 1.165) is 6.21 Å². The second kappa shape index (κ2) is 3.27. The van der Waals surface area contributed by atoms with Crippen LogP contribution in [-0.2, 0) is 0 Å². The Bertz CT molecular complexity index is 88.9. The van der Waals surface area contributed by atoms with Crippen LogP contribution in [0.5, 0.6) is 0 Å². The molecule has 0 rings (SSSR count). The van der Waals surface area contributed by atoms with Gasteiger partial charge in [-0.15, -0.1) is 0 Å². The fraction of sp³-hybridized carbons (Fsp3) is 0.333. The van der Waals surface area contributed by atoms with E-state index < -0.39 is 5.03 Å². The molecule has 0 bridgehead atoms. The maximum Gasteiger partial charge on any atom is 0.190 e. The monoisotopic (exact) mass is 101 g/mol. The number of nitro groups is 1. The van der Waals surface area contributed by atoms with Gasteiger partial charge in [0.15, 0.2) is 5.03 Å². The first-order chi connectivity index (χ1) is 3.27. The third-order valence-corrected chi connectivity index (χ3v) is 0.305. The number of nitrogens with zero attached hydrogens (tertiary/aromatic N) is 2. The van der Waals surface area contributed by atoms with Crippen LogP contribution < -0.4 is 0 Å². The topological polar surface area (TPSA) is 55.5 Å². The van der Waals surface area contributed by atoms with Crippen molar-refractivity contribution in [3.05, 3.63) is 17.0 Å². The van der Waals surface area contributed by atoms with E-state index in [2.05, 4.69) is 12.0 Å². The lowest BCUT2D eigenvalue weighted by atomic mass is 10.6. The molecule has 0 aliphatic rings. The summed E-state index contributed by atoms with van der Waals surface area (Å²) in [4.78, 5) is 9.34. The molecule has 0 aromatic rings. The zero-order chi connectivity index (χ0) is 5.70. The number of hydrogen-bond donors (Lipinski definition) is 0. The van der Waals surface area contributed by atoms with Crippen LogP contribution in [0.25, 0.3) is 0 Å². The molecule has 0 fully saturated rings. The fourth-order valence-electron chi connectivity index (χ4n) is 0.124. The van der Waals surface area contributed by atoms with Crippen LogP contribution >= 0.6 is 0 Å². The smallest absolute Gasteiger partial charge is 0.190 e. The van der Waals surface area contributed by atoms with Crippen LogP contribution in [0.2, 0.25) is 0 Å². The Balaban J connectivity index is 3.26. The highest BCUT2D eigenvalue weighted by Crippen LogP contribution is 1.68. The molecule has 1 radical (unpaired) electrons. The standard InChI is InChI=1S/C3H5N2O2/c1-2-3-4-5(6)7/h3H,1-2H2. The van der Waals surface area contributed by atoms with Crippen molar-refractivity contribution in [2.24, 2.45) is 5.10 Å². The minimum absolute atomic E-state index is 0.362. The second-order valence-corrected chi connectivity index (χ2v) is 0.825. The minimum atomic E-state index is -0.759. The lowest BCUT2D eigenvalue weighted by Crippen LogP contribution is -1.83. The summed E-state index contributed by atoms with van der Waals surface area (Å²) in [5.41, 5.74) is 0. The van der Waals surface area contributed by atoms with Gasteiger partial charge in [0, 0.05) is 0 Å². The lowest BCUT2D eigenvalue weighted by Gasteiger charge is -1.70. The van der Waals surface area contributed by atoms with Crippen LogP contribution in [0.4, 0.5) is 0 Å². The summed E-state index contributed by atoms with van der Waals surface area (Å²) in [6, 6.07) is 0. The number of hydrazone groups is 1. The van der Waals surface area contributed by atoms with Crippen molar-refractivity contribution in [1.82, 2.24) is 0 Å². The van der Waals surface area contributed by atoms with Gasteiger partial charge in [-0.3, -0.25) is 0 Å². The Kier molecular flexibility index (Phi) is 2.83. The highest BCUT2D eigenvalue weighted by molar-refractivity contribution is 5.56. The van der Waals surface area contributed by atoms with Crippen molar-refractivity contribution >= 4 is 6.21 Å². The molecule has 0 heterocycles. The summed E-state index contributed by atoms with van der Waals surface area (Å²) < 4.78 is 0. The van der Waals surface area contributed by atoms with Crippen LogP contribution in [0.1, 0.15) is 6.42 Å². The predicted molar refractivity (Wildman–Crippen MR) is 25.5 cm³/mol. The van der Waals surface area contributed by atoms with E-state index in [1.54, 1.807) is 0 Å². The molecule has 4 heteroatoms. The Morgan fingerprint density at radius 3 is 2.71 bits per heavy atom. The molecule has 0 N–H and O–H groups in total. The highest BCUT2D eigenvalue weighted by atomic mass is 16.7. The maximum atomic E-state index is 9.34. The predicted octanol–water partition coefficient (Wildman–Crippen LogP) is 0.473. The summed E-state index contributed by atoms with van der Waals surface area (Å²) in [7, 11) is 0. The summed E-state index contributed by atoms with van der Waals surface area (Å²) in [6.07, 6.45) is 1.50. The van der Waals surface area contributed by atoms with Crippen molar-refractivity contribution in [2.75, 3.05) is 0 Å². The van der Waals surface area contributed by atoms with Gasteiger partial charge in [-0.05, 0) is 13.3 Å². The average molecular weight is 101 g/mol. The molecule has 0 aromatic heterocycles. The quantitative estimate of drug-likeness (QED) is 0.288. The Hall–Kier alpha value is -0.930. The molecule has 0 aliphatic heterocycles. The third kappa shape index (κ3) is 5.07. The molecule has 4 nitrogen and oxygen atoms in total.